The molecule has 6 heteroatoms. The van der Waals surface area contributed by atoms with Crippen LogP contribution in [-0.2, 0) is 12.7 Å². The molecule has 1 aliphatic rings. The van der Waals surface area contributed by atoms with Crippen molar-refractivity contribution in [2.75, 3.05) is 5.75 Å². The molecular weight excluding hydrogens is 237 g/mol. The van der Waals surface area contributed by atoms with E-state index in [9.17, 15) is 13.2 Å². The Morgan fingerprint density at radius 3 is 2.50 bits per heavy atom. The highest BCUT2D eigenvalue weighted by molar-refractivity contribution is 7.80. The maximum absolute atomic E-state index is 12.3. The first-order valence-electron chi connectivity index (χ1n) is 5.16. The van der Waals surface area contributed by atoms with E-state index in [1.54, 1.807) is 0 Å². The lowest BCUT2D eigenvalue weighted by Gasteiger charge is -2.40. The van der Waals surface area contributed by atoms with E-state index >= 15 is 0 Å². The minimum atomic E-state index is -4.30. The lowest BCUT2D eigenvalue weighted by Crippen LogP contribution is -2.36. The summed E-state index contributed by atoms with van der Waals surface area (Å²) in [6.45, 7) is 0.534. The summed E-state index contributed by atoms with van der Waals surface area (Å²) in [5.41, 5.74) is -0.626. The quantitative estimate of drug-likeness (QED) is 0.816. The fourth-order valence-corrected chi connectivity index (χ4v) is 2.40. The fourth-order valence-electron chi connectivity index (χ4n) is 1.98. The van der Waals surface area contributed by atoms with E-state index in [0.717, 1.165) is 31.7 Å². The number of hydrogen-bond donors (Lipinski definition) is 1. The number of alkyl halides is 3. The van der Waals surface area contributed by atoms with Crippen LogP contribution < -0.4 is 0 Å². The molecule has 1 aliphatic carbocycles. The van der Waals surface area contributed by atoms with Gasteiger partial charge in [0.05, 0.1) is 11.8 Å². The molecule has 0 spiro atoms. The molecule has 1 heterocycles. The van der Waals surface area contributed by atoms with Crippen molar-refractivity contribution >= 4 is 12.6 Å². The van der Waals surface area contributed by atoms with Crippen molar-refractivity contribution in [1.29, 1.82) is 0 Å². The van der Waals surface area contributed by atoms with Gasteiger partial charge in [0.1, 0.15) is 0 Å². The second-order valence-corrected chi connectivity index (χ2v) is 4.75. The van der Waals surface area contributed by atoms with Crippen LogP contribution in [0.4, 0.5) is 13.2 Å². The van der Waals surface area contributed by atoms with Crippen molar-refractivity contribution in [2.24, 2.45) is 5.41 Å². The summed E-state index contributed by atoms with van der Waals surface area (Å²) < 4.78 is 38.4. The smallest absolute Gasteiger partial charge is 0.272 e. The van der Waals surface area contributed by atoms with Crippen LogP contribution in [0.1, 0.15) is 24.8 Å². The largest absolute Gasteiger partial charge is 0.419 e. The van der Waals surface area contributed by atoms with Crippen LogP contribution >= 0.6 is 12.6 Å². The maximum Gasteiger partial charge on any atom is 0.419 e. The molecule has 2 nitrogen and oxygen atoms in total. The molecule has 1 saturated carbocycles. The lowest BCUT2D eigenvalue weighted by atomic mass is 9.70. The van der Waals surface area contributed by atoms with Crippen LogP contribution in [0.15, 0.2) is 12.4 Å². The third kappa shape index (κ3) is 2.21. The summed E-state index contributed by atoms with van der Waals surface area (Å²) in [5, 5.41) is 3.76. The highest BCUT2D eigenvalue weighted by atomic mass is 32.1. The minimum absolute atomic E-state index is 0.0536. The van der Waals surface area contributed by atoms with Gasteiger partial charge >= 0.3 is 6.18 Å². The number of hydrogen-bond acceptors (Lipinski definition) is 2. The maximum atomic E-state index is 12.3. The van der Waals surface area contributed by atoms with E-state index in [2.05, 4.69) is 17.7 Å². The fraction of sp³-hybridized carbons (Fsp3) is 0.700. The molecule has 90 valence electrons. The summed E-state index contributed by atoms with van der Waals surface area (Å²) >= 11 is 4.26. The molecule has 0 radical (unpaired) electrons. The number of nitrogens with zero attached hydrogens (tertiary/aromatic N) is 2. The second-order valence-electron chi connectivity index (χ2n) is 4.44. The topological polar surface area (TPSA) is 17.8 Å². The van der Waals surface area contributed by atoms with Gasteiger partial charge in [-0.3, -0.25) is 4.68 Å². The van der Waals surface area contributed by atoms with Gasteiger partial charge in [-0.1, -0.05) is 6.42 Å². The van der Waals surface area contributed by atoms with Crippen molar-refractivity contribution in [3.05, 3.63) is 18.0 Å². The van der Waals surface area contributed by atoms with E-state index in [4.69, 9.17) is 0 Å². The Bertz CT molecular complexity index is 363. The first kappa shape index (κ1) is 11.8. The van der Waals surface area contributed by atoms with Gasteiger partial charge in [0, 0.05) is 12.7 Å². The van der Waals surface area contributed by atoms with Crippen molar-refractivity contribution in [2.45, 2.75) is 32.0 Å². The van der Waals surface area contributed by atoms with Gasteiger partial charge in [-0.2, -0.15) is 30.9 Å². The first-order valence-corrected chi connectivity index (χ1v) is 5.79. The van der Waals surface area contributed by atoms with Gasteiger partial charge in [-0.25, -0.2) is 0 Å². The molecule has 0 aliphatic heterocycles. The molecule has 0 N–H and O–H groups in total. The van der Waals surface area contributed by atoms with Crippen molar-refractivity contribution in [3.8, 4) is 0 Å². The molecule has 1 aromatic rings. The molecule has 16 heavy (non-hydrogen) atoms. The predicted molar refractivity (Wildman–Crippen MR) is 57.4 cm³/mol. The summed E-state index contributed by atoms with van der Waals surface area (Å²) in [6.07, 6.45) is 0.837. The van der Waals surface area contributed by atoms with Crippen LogP contribution in [0.3, 0.4) is 0 Å². The van der Waals surface area contributed by atoms with E-state index in [1.165, 1.54) is 4.68 Å². The Labute approximate surface area is 97.2 Å². The molecule has 0 bridgehead atoms. The summed E-state index contributed by atoms with van der Waals surface area (Å²) in [6, 6.07) is 0. The summed E-state index contributed by atoms with van der Waals surface area (Å²) in [5.74, 6) is 0.703. The zero-order valence-corrected chi connectivity index (χ0v) is 9.56. The molecule has 1 aromatic heterocycles. The Morgan fingerprint density at radius 2 is 2.12 bits per heavy atom. The molecule has 0 aromatic carbocycles. The Kier molecular flexibility index (Phi) is 2.94. The molecule has 0 saturated heterocycles. The molecule has 2 rings (SSSR count). The van der Waals surface area contributed by atoms with Crippen molar-refractivity contribution in [3.63, 3.8) is 0 Å². The van der Waals surface area contributed by atoms with Crippen molar-refractivity contribution < 1.29 is 13.2 Å². The molecule has 1 fully saturated rings. The molecule has 0 unspecified atom stereocenters. The highest BCUT2D eigenvalue weighted by Crippen LogP contribution is 2.43. The first-order chi connectivity index (χ1) is 7.45. The van der Waals surface area contributed by atoms with Crippen molar-refractivity contribution in [1.82, 2.24) is 9.78 Å². The summed E-state index contributed by atoms with van der Waals surface area (Å²) in [4.78, 5) is 0. The molecule has 0 amide bonds. The Morgan fingerprint density at radius 1 is 1.44 bits per heavy atom. The van der Waals surface area contributed by atoms with Gasteiger partial charge in [-0.15, -0.1) is 0 Å². The summed E-state index contributed by atoms with van der Waals surface area (Å²) in [7, 11) is 0. The molecule has 0 atom stereocenters. The number of aromatic nitrogens is 2. The zero-order chi connectivity index (χ0) is 11.8. The minimum Gasteiger partial charge on any atom is -0.272 e. The van der Waals surface area contributed by atoms with Gasteiger partial charge in [0.2, 0.25) is 0 Å². The average molecular weight is 250 g/mol. The van der Waals surface area contributed by atoms with Gasteiger partial charge < -0.3 is 0 Å². The van der Waals surface area contributed by atoms with E-state index in [0.29, 0.717) is 12.3 Å². The van der Waals surface area contributed by atoms with Crippen LogP contribution in [0.2, 0.25) is 0 Å². The van der Waals surface area contributed by atoms with Gasteiger partial charge in [0.25, 0.3) is 0 Å². The van der Waals surface area contributed by atoms with Gasteiger partial charge in [0.15, 0.2) is 0 Å². The van der Waals surface area contributed by atoms with Crippen LogP contribution in [0, 0.1) is 5.41 Å². The third-order valence-corrected chi connectivity index (χ3v) is 3.88. The van der Waals surface area contributed by atoms with E-state index < -0.39 is 11.7 Å². The van der Waals surface area contributed by atoms with Crippen LogP contribution in [0.5, 0.6) is 0 Å². The SMILES string of the molecule is FC(F)(F)c1cnn(CC2(CS)CCC2)c1. The highest BCUT2D eigenvalue weighted by Gasteiger charge is 2.37. The number of halogens is 3. The second kappa shape index (κ2) is 3.98. The van der Waals surface area contributed by atoms with E-state index in [1.807, 2.05) is 0 Å². The number of thiol groups is 1. The average Bonchev–Trinajstić information content (AvgIpc) is 2.58. The molecular formula is C10H13F3N2S. The number of rotatable bonds is 3. The van der Waals surface area contributed by atoms with Gasteiger partial charge in [-0.05, 0) is 24.0 Å². The van der Waals surface area contributed by atoms with Crippen LogP contribution in [-0.4, -0.2) is 15.5 Å². The monoisotopic (exact) mass is 250 g/mol. The normalized spacial score (nSPS) is 19.5. The predicted octanol–water partition coefficient (Wildman–Crippen LogP) is 3.00. The van der Waals surface area contributed by atoms with Crippen LogP contribution in [0.25, 0.3) is 0 Å². The van der Waals surface area contributed by atoms with E-state index in [-0.39, 0.29) is 5.41 Å². The Balaban J connectivity index is 2.08. The Hall–Kier alpha value is -0.650. The standard InChI is InChI=1S/C10H13F3N2S/c11-10(12,13)8-4-14-15(5-8)6-9(7-16)2-1-3-9/h4-5,16H,1-3,6-7H2. The third-order valence-electron chi connectivity index (χ3n) is 3.21. The lowest BCUT2D eigenvalue weighted by molar-refractivity contribution is -0.137. The zero-order valence-electron chi connectivity index (χ0n) is 8.67.